The SMILES string of the molecule is CCCCNN.CCCCn1nc(C(C)C)c(-c2ccccc2O)c1-c1ccncc1. The van der Waals surface area contributed by atoms with Crippen LogP contribution < -0.4 is 11.3 Å². The summed E-state index contributed by atoms with van der Waals surface area (Å²) >= 11 is 0. The molecule has 0 aliphatic carbocycles. The van der Waals surface area contributed by atoms with Crippen molar-refractivity contribution in [1.82, 2.24) is 20.2 Å². The number of nitrogens with one attached hydrogen (secondary N) is 1. The highest BCUT2D eigenvalue weighted by Crippen LogP contribution is 2.41. The topological polar surface area (TPSA) is 89.0 Å². The zero-order valence-electron chi connectivity index (χ0n) is 19.3. The summed E-state index contributed by atoms with van der Waals surface area (Å²) in [5.41, 5.74) is 7.57. The Kier molecular flexibility index (Phi) is 10.2. The highest BCUT2D eigenvalue weighted by molar-refractivity contribution is 5.86. The lowest BCUT2D eigenvalue weighted by molar-refractivity contribution is 0.477. The Morgan fingerprint density at radius 2 is 1.71 bits per heavy atom. The normalized spacial score (nSPS) is 10.8. The molecule has 1 aromatic carbocycles. The summed E-state index contributed by atoms with van der Waals surface area (Å²) < 4.78 is 2.09. The number of nitrogens with two attached hydrogens (primary N) is 1. The van der Waals surface area contributed by atoms with Crippen LogP contribution in [0.1, 0.15) is 65.0 Å². The maximum Gasteiger partial charge on any atom is 0.123 e. The van der Waals surface area contributed by atoms with E-state index in [1.807, 2.05) is 30.3 Å². The quantitative estimate of drug-likeness (QED) is 0.240. The number of para-hydroxylation sites is 1. The van der Waals surface area contributed by atoms with Crippen LogP contribution in [0.3, 0.4) is 0 Å². The van der Waals surface area contributed by atoms with Crippen molar-refractivity contribution in [3.05, 3.63) is 54.5 Å². The van der Waals surface area contributed by atoms with E-state index in [0.717, 1.165) is 54.0 Å². The highest BCUT2D eigenvalue weighted by Gasteiger charge is 2.24. The van der Waals surface area contributed by atoms with E-state index in [2.05, 4.69) is 42.8 Å². The standard InChI is InChI=1S/C21H25N3O.C4H12N2/c1-4-5-14-24-21(16-10-12-22-13-11-16)19(20(23-24)15(2)3)17-8-6-7-9-18(17)25;1-2-3-4-6-5/h6-13,15,25H,4-5,14H2,1-3H3;6H,2-5H2,1H3. The van der Waals surface area contributed by atoms with Gasteiger partial charge >= 0.3 is 0 Å². The smallest absolute Gasteiger partial charge is 0.123 e. The number of phenols is 1. The fraction of sp³-hybridized carbons (Fsp3) is 0.440. The molecule has 0 spiro atoms. The Morgan fingerprint density at radius 3 is 2.26 bits per heavy atom. The predicted molar refractivity (Wildman–Crippen MR) is 129 cm³/mol. The number of benzene rings is 1. The molecule has 2 aromatic heterocycles. The molecule has 6 nitrogen and oxygen atoms in total. The summed E-state index contributed by atoms with van der Waals surface area (Å²) in [6.45, 7) is 10.4. The maximum absolute atomic E-state index is 10.5. The van der Waals surface area contributed by atoms with Gasteiger partial charge in [0, 0.05) is 42.2 Å². The van der Waals surface area contributed by atoms with Crippen molar-refractivity contribution in [1.29, 1.82) is 0 Å². The van der Waals surface area contributed by atoms with E-state index >= 15 is 0 Å². The van der Waals surface area contributed by atoms with Crippen LogP contribution in [-0.2, 0) is 6.54 Å². The minimum absolute atomic E-state index is 0.262. The molecule has 0 aliphatic heterocycles. The summed E-state index contributed by atoms with van der Waals surface area (Å²) in [4.78, 5) is 4.15. The van der Waals surface area contributed by atoms with Crippen molar-refractivity contribution in [3.8, 4) is 28.1 Å². The van der Waals surface area contributed by atoms with Gasteiger partial charge in [0.1, 0.15) is 5.75 Å². The first-order chi connectivity index (χ1) is 15.0. The van der Waals surface area contributed by atoms with E-state index in [1.165, 1.54) is 12.8 Å². The van der Waals surface area contributed by atoms with Gasteiger partial charge in [-0.3, -0.25) is 20.9 Å². The molecule has 0 radical (unpaired) electrons. The molecule has 31 heavy (non-hydrogen) atoms. The summed E-state index contributed by atoms with van der Waals surface area (Å²) in [5, 5.41) is 15.4. The molecule has 0 bridgehead atoms. The molecule has 168 valence electrons. The number of phenolic OH excluding ortho intramolecular Hbond substituents is 1. The predicted octanol–water partition coefficient (Wildman–Crippen LogP) is 5.49. The van der Waals surface area contributed by atoms with Crippen LogP contribution >= 0.6 is 0 Å². The van der Waals surface area contributed by atoms with Gasteiger partial charge in [-0.15, -0.1) is 0 Å². The second kappa shape index (κ2) is 12.9. The van der Waals surface area contributed by atoms with Gasteiger partial charge in [0.2, 0.25) is 0 Å². The number of rotatable bonds is 9. The minimum Gasteiger partial charge on any atom is -0.507 e. The van der Waals surface area contributed by atoms with Crippen LogP contribution in [0.15, 0.2) is 48.8 Å². The lowest BCUT2D eigenvalue weighted by Gasteiger charge is -2.12. The van der Waals surface area contributed by atoms with E-state index < -0.39 is 0 Å². The number of pyridine rings is 1. The fourth-order valence-electron chi connectivity index (χ4n) is 3.39. The van der Waals surface area contributed by atoms with Crippen LogP contribution in [-0.4, -0.2) is 26.4 Å². The minimum atomic E-state index is 0.262. The molecule has 0 saturated carbocycles. The van der Waals surface area contributed by atoms with Gasteiger partial charge in [0.15, 0.2) is 0 Å². The van der Waals surface area contributed by atoms with E-state index in [1.54, 1.807) is 18.5 Å². The molecule has 4 N–H and O–H groups in total. The third kappa shape index (κ3) is 6.64. The fourth-order valence-corrected chi connectivity index (χ4v) is 3.39. The Hall–Kier alpha value is -2.70. The second-order valence-corrected chi connectivity index (χ2v) is 7.90. The molecule has 0 atom stereocenters. The molecular weight excluding hydrogens is 386 g/mol. The number of aromatic hydroxyl groups is 1. The van der Waals surface area contributed by atoms with Crippen molar-refractivity contribution < 1.29 is 5.11 Å². The summed E-state index contributed by atoms with van der Waals surface area (Å²) in [7, 11) is 0. The van der Waals surface area contributed by atoms with Gasteiger partial charge in [-0.25, -0.2) is 0 Å². The highest BCUT2D eigenvalue weighted by atomic mass is 16.3. The van der Waals surface area contributed by atoms with Crippen molar-refractivity contribution >= 4 is 0 Å². The first-order valence-corrected chi connectivity index (χ1v) is 11.3. The van der Waals surface area contributed by atoms with Crippen LogP contribution in [0.25, 0.3) is 22.4 Å². The number of hydrazine groups is 1. The van der Waals surface area contributed by atoms with Crippen molar-refractivity contribution in [2.75, 3.05) is 6.54 Å². The van der Waals surface area contributed by atoms with E-state index in [-0.39, 0.29) is 11.7 Å². The molecule has 2 heterocycles. The largest absolute Gasteiger partial charge is 0.507 e. The third-order valence-electron chi connectivity index (χ3n) is 5.05. The molecule has 0 amide bonds. The van der Waals surface area contributed by atoms with Gasteiger partial charge in [-0.1, -0.05) is 58.7 Å². The Balaban J connectivity index is 0.000000501. The number of unbranched alkanes of at least 4 members (excludes halogenated alkanes) is 2. The van der Waals surface area contributed by atoms with Crippen LogP contribution in [0.5, 0.6) is 5.75 Å². The summed E-state index contributed by atoms with van der Waals surface area (Å²) in [5.74, 6) is 5.51. The zero-order valence-corrected chi connectivity index (χ0v) is 19.3. The van der Waals surface area contributed by atoms with Gasteiger partial charge < -0.3 is 5.11 Å². The van der Waals surface area contributed by atoms with E-state index in [0.29, 0.717) is 0 Å². The van der Waals surface area contributed by atoms with Gasteiger partial charge in [0.05, 0.1) is 11.4 Å². The monoisotopic (exact) mass is 423 g/mol. The van der Waals surface area contributed by atoms with Crippen molar-refractivity contribution in [2.24, 2.45) is 5.84 Å². The van der Waals surface area contributed by atoms with Crippen molar-refractivity contribution in [3.63, 3.8) is 0 Å². The number of aromatic nitrogens is 3. The molecule has 0 aliphatic rings. The van der Waals surface area contributed by atoms with Crippen LogP contribution in [0.4, 0.5) is 0 Å². The molecule has 6 heteroatoms. The number of aryl methyl sites for hydroxylation is 1. The van der Waals surface area contributed by atoms with Gasteiger partial charge in [-0.2, -0.15) is 5.10 Å². The molecule has 0 fully saturated rings. The van der Waals surface area contributed by atoms with Gasteiger partial charge in [-0.05, 0) is 37.0 Å². The summed E-state index contributed by atoms with van der Waals surface area (Å²) in [6, 6.07) is 11.5. The molecule has 0 unspecified atom stereocenters. The molecule has 3 rings (SSSR count). The van der Waals surface area contributed by atoms with Crippen LogP contribution in [0, 0.1) is 0 Å². The second-order valence-electron chi connectivity index (χ2n) is 7.90. The molecule has 0 saturated heterocycles. The average Bonchev–Trinajstić information content (AvgIpc) is 3.17. The van der Waals surface area contributed by atoms with Crippen LogP contribution in [0.2, 0.25) is 0 Å². The molecule has 3 aromatic rings. The molecular formula is C25H37N5O. The van der Waals surface area contributed by atoms with E-state index in [9.17, 15) is 5.11 Å². The lowest BCUT2D eigenvalue weighted by Crippen LogP contribution is -2.22. The van der Waals surface area contributed by atoms with Crippen molar-refractivity contribution in [2.45, 2.75) is 65.8 Å². The average molecular weight is 424 g/mol. The Bertz CT molecular complexity index is 902. The summed E-state index contributed by atoms with van der Waals surface area (Å²) in [6.07, 6.45) is 8.17. The number of nitrogens with zero attached hydrogens (tertiary/aromatic N) is 3. The maximum atomic E-state index is 10.5. The first-order valence-electron chi connectivity index (χ1n) is 11.3. The number of hydrogen-bond donors (Lipinski definition) is 3. The van der Waals surface area contributed by atoms with Gasteiger partial charge in [0.25, 0.3) is 0 Å². The third-order valence-corrected chi connectivity index (χ3v) is 5.05. The number of hydrogen-bond acceptors (Lipinski definition) is 5. The van der Waals surface area contributed by atoms with E-state index in [4.69, 9.17) is 10.9 Å². The Labute approximate surface area is 186 Å². The first kappa shape index (κ1) is 24.6. The zero-order chi connectivity index (χ0) is 22.6. The lowest BCUT2D eigenvalue weighted by atomic mass is 9.94. The Morgan fingerprint density at radius 1 is 1.03 bits per heavy atom.